The van der Waals surface area contributed by atoms with Gasteiger partial charge in [0.25, 0.3) is 0 Å². The van der Waals surface area contributed by atoms with Crippen LogP contribution in [0, 0.1) is 0 Å². The van der Waals surface area contributed by atoms with Gasteiger partial charge in [-0.2, -0.15) is 0 Å². The molecule has 0 aromatic heterocycles. The Balaban J connectivity index is 4.21. The molecule has 1 atom stereocenters. The molecule has 0 spiro atoms. The Hall–Kier alpha value is -1.85. The highest BCUT2D eigenvalue weighted by atomic mass is 16.6. The Kier molecular flexibility index (Phi) is 45.3. The van der Waals surface area contributed by atoms with Crippen molar-refractivity contribution in [3.8, 4) is 0 Å². The van der Waals surface area contributed by atoms with Gasteiger partial charge in [-0.05, 0) is 38.5 Å². The smallest absolute Gasteiger partial charge is 0.306 e. The van der Waals surface area contributed by atoms with Crippen molar-refractivity contribution in [3.05, 3.63) is 12.2 Å². The van der Waals surface area contributed by atoms with Crippen LogP contribution < -0.4 is 0 Å². The zero-order chi connectivity index (χ0) is 41.5. The number of hydrogen-bond acceptors (Lipinski definition) is 6. The lowest BCUT2D eigenvalue weighted by atomic mass is 10.0. The van der Waals surface area contributed by atoms with E-state index in [4.69, 9.17) is 14.2 Å². The summed E-state index contributed by atoms with van der Waals surface area (Å²) in [5, 5.41) is 0. The lowest BCUT2D eigenvalue weighted by molar-refractivity contribution is -0.167. The average molecular weight is 805 g/mol. The predicted octanol–water partition coefficient (Wildman–Crippen LogP) is 16.2. The Morgan fingerprint density at radius 3 is 0.947 bits per heavy atom. The normalized spacial score (nSPS) is 12.0. The highest BCUT2D eigenvalue weighted by Crippen LogP contribution is 2.16. The summed E-state index contributed by atoms with van der Waals surface area (Å²) in [6, 6.07) is 0. The van der Waals surface area contributed by atoms with Gasteiger partial charge in [-0.15, -0.1) is 0 Å². The van der Waals surface area contributed by atoms with E-state index in [1.807, 2.05) is 0 Å². The van der Waals surface area contributed by atoms with Crippen LogP contribution in [-0.2, 0) is 28.6 Å². The number of carbonyl (C=O) groups excluding carboxylic acids is 3. The molecule has 0 N–H and O–H groups in total. The van der Waals surface area contributed by atoms with Gasteiger partial charge < -0.3 is 14.2 Å². The minimum absolute atomic E-state index is 0.0687. The second-order valence-electron chi connectivity index (χ2n) is 17.1. The zero-order valence-corrected chi connectivity index (χ0v) is 38.4. The molecule has 0 heterocycles. The van der Waals surface area contributed by atoms with E-state index < -0.39 is 6.10 Å². The fraction of sp³-hybridized carbons (Fsp3) is 0.902. The van der Waals surface area contributed by atoms with Crippen molar-refractivity contribution < 1.29 is 28.6 Å². The molecule has 0 aliphatic rings. The summed E-state index contributed by atoms with van der Waals surface area (Å²) in [7, 11) is 0. The maximum atomic E-state index is 12.7. The molecule has 0 bridgehead atoms. The third-order valence-corrected chi connectivity index (χ3v) is 11.3. The highest BCUT2D eigenvalue weighted by molar-refractivity contribution is 5.71. The summed E-state index contributed by atoms with van der Waals surface area (Å²) in [4.78, 5) is 37.8. The number of esters is 3. The summed E-state index contributed by atoms with van der Waals surface area (Å²) in [5.74, 6) is -0.868. The van der Waals surface area contributed by atoms with Crippen molar-refractivity contribution in [1.29, 1.82) is 0 Å². The van der Waals surface area contributed by atoms with Crippen LogP contribution >= 0.6 is 0 Å². The van der Waals surface area contributed by atoms with Gasteiger partial charge >= 0.3 is 17.9 Å². The molecule has 0 amide bonds. The van der Waals surface area contributed by atoms with Crippen molar-refractivity contribution in [1.82, 2.24) is 0 Å². The lowest BCUT2D eigenvalue weighted by Gasteiger charge is -2.18. The van der Waals surface area contributed by atoms with E-state index in [0.717, 1.165) is 70.6 Å². The second-order valence-corrected chi connectivity index (χ2v) is 17.1. The third kappa shape index (κ3) is 45.1. The predicted molar refractivity (Wildman–Crippen MR) is 243 cm³/mol. The molecule has 336 valence electrons. The standard InChI is InChI=1S/C51H96O6/c1-4-7-10-13-16-19-22-23-24-25-26-27-28-29-30-33-35-38-41-44-50(53)56-47-48(57-51(54)45-42-39-36-32-21-18-15-12-9-6-3)46-55-49(52)43-40-37-34-31-20-17-14-11-8-5-2/h12,15,48H,4-11,13-14,16-47H2,1-3H3/b15-12-. The molecule has 6 nitrogen and oxygen atoms in total. The van der Waals surface area contributed by atoms with Crippen LogP contribution in [0.5, 0.6) is 0 Å². The summed E-state index contributed by atoms with van der Waals surface area (Å²) in [6.07, 6.45) is 50.6. The molecule has 0 aliphatic carbocycles. The number of hydrogen-bond donors (Lipinski definition) is 0. The molecule has 0 aliphatic heterocycles. The van der Waals surface area contributed by atoms with Crippen LogP contribution in [-0.4, -0.2) is 37.2 Å². The Morgan fingerprint density at radius 1 is 0.333 bits per heavy atom. The first-order chi connectivity index (χ1) is 28.0. The van der Waals surface area contributed by atoms with Gasteiger partial charge in [0.05, 0.1) is 0 Å². The second kappa shape index (κ2) is 46.8. The van der Waals surface area contributed by atoms with E-state index in [2.05, 4.69) is 32.9 Å². The lowest BCUT2D eigenvalue weighted by Crippen LogP contribution is -2.30. The van der Waals surface area contributed by atoms with Crippen LogP contribution in [0.4, 0.5) is 0 Å². The van der Waals surface area contributed by atoms with E-state index in [9.17, 15) is 14.4 Å². The van der Waals surface area contributed by atoms with E-state index in [1.165, 1.54) is 167 Å². The van der Waals surface area contributed by atoms with Gasteiger partial charge in [-0.25, -0.2) is 0 Å². The summed E-state index contributed by atoms with van der Waals surface area (Å²) in [5.41, 5.74) is 0. The van der Waals surface area contributed by atoms with Crippen molar-refractivity contribution in [2.45, 2.75) is 284 Å². The maximum absolute atomic E-state index is 12.7. The Morgan fingerprint density at radius 2 is 0.614 bits per heavy atom. The fourth-order valence-corrected chi connectivity index (χ4v) is 7.45. The van der Waals surface area contributed by atoms with Crippen molar-refractivity contribution in [2.24, 2.45) is 0 Å². The number of ether oxygens (including phenoxy) is 3. The zero-order valence-electron chi connectivity index (χ0n) is 38.4. The molecule has 0 radical (unpaired) electrons. The third-order valence-electron chi connectivity index (χ3n) is 11.3. The van der Waals surface area contributed by atoms with Crippen LogP contribution in [0.25, 0.3) is 0 Å². The molecule has 6 heteroatoms. The van der Waals surface area contributed by atoms with Crippen molar-refractivity contribution in [3.63, 3.8) is 0 Å². The fourth-order valence-electron chi connectivity index (χ4n) is 7.45. The Bertz CT molecular complexity index is 885. The quantitative estimate of drug-likeness (QED) is 0.0264. The average Bonchev–Trinajstić information content (AvgIpc) is 3.21. The monoisotopic (exact) mass is 805 g/mol. The van der Waals surface area contributed by atoms with Crippen molar-refractivity contribution >= 4 is 17.9 Å². The van der Waals surface area contributed by atoms with E-state index in [1.54, 1.807) is 0 Å². The molecular formula is C51H96O6. The minimum atomic E-state index is -0.766. The summed E-state index contributed by atoms with van der Waals surface area (Å²) < 4.78 is 16.7. The first-order valence-corrected chi connectivity index (χ1v) is 25.2. The van der Waals surface area contributed by atoms with Crippen LogP contribution in [0.2, 0.25) is 0 Å². The topological polar surface area (TPSA) is 78.9 Å². The van der Waals surface area contributed by atoms with Crippen LogP contribution in [0.3, 0.4) is 0 Å². The molecule has 57 heavy (non-hydrogen) atoms. The number of carbonyl (C=O) groups is 3. The van der Waals surface area contributed by atoms with Crippen LogP contribution in [0.1, 0.15) is 278 Å². The molecule has 0 aromatic rings. The summed E-state index contributed by atoms with van der Waals surface area (Å²) >= 11 is 0. The molecule has 0 rings (SSSR count). The van der Waals surface area contributed by atoms with Gasteiger partial charge in [0.1, 0.15) is 13.2 Å². The maximum Gasteiger partial charge on any atom is 0.306 e. The summed E-state index contributed by atoms with van der Waals surface area (Å²) in [6.45, 7) is 6.59. The minimum Gasteiger partial charge on any atom is -0.462 e. The molecule has 0 saturated heterocycles. The van der Waals surface area contributed by atoms with E-state index in [0.29, 0.717) is 19.3 Å². The molecular weight excluding hydrogens is 709 g/mol. The van der Waals surface area contributed by atoms with Gasteiger partial charge in [-0.3, -0.25) is 14.4 Å². The van der Waals surface area contributed by atoms with Crippen molar-refractivity contribution in [2.75, 3.05) is 13.2 Å². The van der Waals surface area contributed by atoms with E-state index >= 15 is 0 Å². The molecule has 0 aromatic carbocycles. The highest BCUT2D eigenvalue weighted by Gasteiger charge is 2.19. The first-order valence-electron chi connectivity index (χ1n) is 25.2. The van der Waals surface area contributed by atoms with Gasteiger partial charge in [0.15, 0.2) is 6.10 Å². The van der Waals surface area contributed by atoms with Crippen LogP contribution in [0.15, 0.2) is 12.2 Å². The first kappa shape index (κ1) is 55.2. The largest absolute Gasteiger partial charge is 0.462 e. The molecule has 0 fully saturated rings. The molecule has 1 unspecified atom stereocenters. The van der Waals surface area contributed by atoms with Gasteiger partial charge in [0.2, 0.25) is 0 Å². The van der Waals surface area contributed by atoms with E-state index in [-0.39, 0.29) is 31.1 Å². The Labute approximate surface area is 354 Å². The number of unbranched alkanes of at least 4 members (excludes halogenated alkanes) is 33. The SMILES string of the molecule is CCC/C=C\CCCCCCCC(=O)OC(COC(=O)CCCCCCCCCCCC)COC(=O)CCCCCCCCCCCCCCCCCCCCC. The number of rotatable bonds is 46. The van der Waals surface area contributed by atoms with Gasteiger partial charge in [0, 0.05) is 19.3 Å². The number of allylic oxidation sites excluding steroid dienone is 2. The van der Waals surface area contributed by atoms with Gasteiger partial charge in [-0.1, -0.05) is 232 Å². The molecule has 0 saturated carbocycles.